The van der Waals surface area contributed by atoms with Gasteiger partial charge in [0.1, 0.15) is 5.60 Å². The fourth-order valence-electron chi connectivity index (χ4n) is 2.49. The first-order valence-corrected chi connectivity index (χ1v) is 8.83. The number of hydrogen-bond donors (Lipinski definition) is 1. The van der Waals surface area contributed by atoms with Crippen molar-refractivity contribution in [2.75, 3.05) is 5.32 Å². The van der Waals surface area contributed by atoms with Crippen LogP contribution in [0.1, 0.15) is 46.5 Å². The lowest BCUT2D eigenvalue weighted by Crippen LogP contribution is -2.26. The molecule has 0 aliphatic heterocycles. The van der Waals surface area contributed by atoms with E-state index in [-0.39, 0.29) is 18.2 Å². The van der Waals surface area contributed by atoms with Gasteiger partial charge in [0, 0.05) is 21.3 Å². The lowest BCUT2D eigenvalue weighted by molar-refractivity contribution is -0.154. The molecule has 0 atom stereocenters. The number of benzene rings is 1. The smallest absolute Gasteiger partial charge is 0.310 e. The van der Waals surface area contributed by atoms with Crippen molar-refractivity contribution in [2.24, 2.45) is 0 Å². The molecule has 0 bridgehead atoms. The quantitative estimate of drug-likeness (QED) is 0.570. The number of esters is 1. The number of carbonyl (C=O) groups excluding carboxylic acids is 2. The fraction of sp³-hybridized carbons (Fsp3) is 0.444. The first-order chi connectivity index (χ1) is 10.8. The average Bonchev–Trinajstić information content (AvgIpc) is 2.43. The van der Waals surface area contributed by atoms with Gasteiger partial charge in [0.2, 0.25) is 0 Å². The number of hydrogen-bond acceptors (Lipinski definition) is 4. The van der Waals surface area contributed by atoms with E-state index in [0.717, 1.165) is 27.8 Å². The topological polar surface area (TPSA) is 55.4 Å². The van der Waals surface area contributed by atoms with E-state index in [1.807, 2.05) is 45.0 Å². The minimum absolute atomic E-state index is 0.0296. The minimum Gasteiger partial charge on any atom is -0.460 e. The van der Waals surface area contributed by atoms with Crippen molar-refractivity contribution < 1.29 is 14.3 Å². The van der Waals surface area contributed by atoms with Crippen LogP contribution in [0.25, 0.3) is 0 Å². The molecule has 1 aliphatic rings. The number of Topliss-reactive ketones (excluding diaryl/α,β-unsaturated/α-hetero) is 1. The summed E-state index contributed by atoms with van der Waals surface area (Å²) in [4.78, 5) is 24.4. The molecule has 124 valence electrons. The van der Waals surface area contributed by atoms with Crippen LogP contribution in [0, 0.1) is 3.57 Å². The average molecular weight is 427 g/mol. The Labute approximate surface area is 150 Å². The number of allylic oxidation sites excluding steroid dienone is 1. The molecule has 1 aromatic carbocycles. The Kier molecular flexibility index (Phi) is 5.84. The van der Waals surface area contributed by atoms with Gasteiger partial charge < -0.3 is 10.1 Å². The summed E-state index contributed by atoms with van der Waals surface area (Å²) in [6.45, 7) is 5.48. The SMILES string of the molecule is CC(C)(C)OC(=O)CC1=C(Nc2ccccc2I)CCCC1=O. The molecule has 0 unspecified atom stereocenters. The zero-order valence-corrected chi connectivity index (χ0v) is 15.9. The summed E-state index contributed by atoms with van der Waals surface area (Å²) in [6.07, 6.45) is 2.11. The zero-order valence-electron chi connectivity index (χ0n) is 13.7. The molecule has 23 heavy (non-hydrogen) atoms. The van der Waals surface area contributed by atoms with Gasteiger partial charge in [-0.15, -0.1) is 0 Å². The summed E-state index contributed by atoms with van der Waals surface area (Å²) in [5, 5.41) is 3.34. The summed E-state index contributed by atoms with van der Waals surface area (Å²) < 4.78 is 6.43. The van der Waals surface area contributed by atoms with Gasteiger partial charge in [0.25, 0.3) is 0 Å². The highest BCUT2D eigenvalue weighted by Gasteiger charge is 2.25. The van der Waals surface area contributed by atoms with E-state index in [4.69, 9.17) is 4.74 Å². The number of halogens is 1. The molecule has 0 aromatic heterocycles. The number of para-hydroxylation sites is 1. The van der Waals surface area contributed by atoms with Gasteiger partial charge in [0.15, 0.2) is 5.78 Å². The second-order valence-corrected chi connectivity index (χ2v) is 7.76. The van der Waals surface area contributed by atoms with E-state index in [9.17, 15) is 9.59 Å². The van der Waals surface area contributed by atoms with Gasteiger partial charge in [0.05, 0.1) is 12.1 Å². The Morgan fingerprint density at radius 1 is 1.26 bits per heavy atom. The molecule has 4 nitrogen and oxygen atoms in total. The second-order valence-electron chi connectivity index (χ2n) is 6.60. The van der Waals surface area contributed by atoms with E-state index in [0.29, 0.717) is 12.0 Å². The molecule has 0 saturated carbocycles. The number of anilines is 1. The van der Waals surface area contributed by atoms with Crippen LogP contribution in [0.15, 0.2) is 35.5 Å². The molecule has 0 amide bonds. The Balaban J connectivity index is 2.22. The number of ketones is 1. The van der Waals surface area contributed by atoms with Crippen LogP contribution in [0.2, 0.25) is 0 Å². The Bertz CT molecular complexity index is 644. The van der Waals surface area contributed by atoms with E-state index >= 15 is 0 Å². The van der Waals surface area contributed by atoms with Crippen LogP contribution in [0.3, 0.4) is 0 Å². The maximum atomic E-state index is 12.3. The van der Waals surface area contributed by atoms with Gasteiger partial charge in [-0.2, -0.15) is 0 Å². The normalized spacial score (nSPS) is 15.6. The van der Waals surface area contributed by atoms with Gasteiger partial charge in [-0.25, -0.2) is 0 Å². The molecule has 0 radical (unpaired) electrons. The lowest BCUT2D eigenvalue weighted by atomic mass is 9.92. The zero-order chi connectivity index (χ0) is 17.0. The van der Waals surface area contributed by atoms with Gasteiger partial charge in [-0.3, -0.25) is 9.59 Å². The molecule has 1 aliphatic carbocycles. The second kappa shape index (κ2) is 7.47. The first-order valence-electron chi connectivity index (χ1n) is 7.75. The van der Waals surface area contributed by atoms with Crippen molar-refractivity contribution >= 4 is 40.0 Å². The van der Waals surface area contributed by atoms with Crippen LogP contribution in [0.5, 0.6) is 0 Å². The largest absolute Gasteiger partial charge is 0.460 e. The van der Waals surface area contributed by atoms with Gasteiger partial charge in [-0.05, 0) is 68.3 Å². The van der Waals surface area contributed by atoms with Crippen LogP contribution < -0.4 is 5.32 Å². The van der Waals surface area contributed by atoms with Crippen LogP contribution in [-0.4, -0.2) is 17.4 Å². The predicted molar refractivity (Wildman–Crippen MR) is 99.1 cm³/mol. The van der Waals surface area contributed by atoms with E-state index in [2.05, 4.69) is 27.9 Å². The molecule has 5 heteroatoms. The maximum absolute atomic E-state index is 12.3. The standard InChI is InChI=1S/C18H22INO3/c1-18(2,3)23-17(22)11-12-14(9-6-10-16(12)21)20-15-8-5-4-7-13(15)19/h4-5,7-8,20H,6,9-11H2,1-3H3. The van der Waals surface area contributed by atoms with E-state index < -0.39 is 5.60 Å². The third-order valence-corrected chi connectivity index (χ3v) is 4.37. The van der Waals surface area contributed by atoms with Crippen molar-refractivity contribution in [3.63, 3.8) is 0 Å². The summed E-state index contributed by atoms with van der Waals surface area (Å²) in [7, 11) is 0. The molecule has 0 spiro atoms. The Morgan fingerprint density at radius 2 is 1.96 bits per heavy atom. The van der Waals surface area contributed by atoms with Crippen molar-refractivity contribution in [1.29, 1.82) is 0 Å². The van der Waals surface area contributed by atoms with E-state index in [1.165, 1.54) is 0 Å². The molecule has 2 rings (SSSR count). The summed E-state index contributed by atoms with van der Waals surface area (Å²) in [6, 6.07) is 7.89. The number of ether oxygens (including phenoxy) is 1. The van der Waals surface area contributed by atoms with Crippen LogP contribution >= 0.6 is 22.6 Å². The van der Waals surface area contributed by atoms with Crippen molar-refractivity contribution in [1.82, 2.24) is 0 Å². The molecule has 1 aromatic rings. The number of nitrogens with one attached hydrogen (secondary N) is 1. The highest BCUT2D eigenvalue weighted by molar-refractivity contribution is 14.1. The molecule has 0 saturated heterocycles. The highest BCUT2D eigenvalue weighted by Crippen LogP contribution is 2.28. The summed E-state index contributed by atoms with van der Waals surface area (Å²) >= 11 is 2.25. The van der Waals surface area contributed by atoms with Crippen molar-refractivity contribution in [3.05, 3.63) is 39.1 Å². The van der Waals surface area contributed by atoms with Crippen LogP contribution in [-0.2, 0) is 14.3 Å². The minimum atomic E-state index is -0.544. The number of carbonyl (C=O) groups is 2. The highest BCUT2D eigenvalue weighted by atomic mass is 127. The van der Waals surface area contributed by atoms with Gasteiger partial charge >= 0.3 is 5.97 Å². The molecular formula is C18H22INO3. The van der Waals surface area contributed by atoms with Gasteiger partial charge in [-0.1, -0.05) is 12.1 Å². The third-order valence-electron chi connectivity index (χ3n) is 3.43. The molecule has 0 heterocycles. The molecular weight excluding hydrogens is 405 g/mol. The summed E-state index contributed by atoms with van der Waals surface area (Å²) in [5.74, 6) is -0.319. The van der Waals surface area contributed by atoms with E-state index in [1.54, 1.807) is 0 Å². The lowest BCUT2D eigenvalue weighted by Gasteiger charge is -2.23. The van der Waals surface area contributed by atoms with Crippen molar-refractivity contribution in [3.8, 4) is 0 Å². The fourth-order valence-corrected chi connectivity index (χ4v) is 3.01. The number of rotatable bonds is 4. The Morgan fingerprint density at radius 3 is 2.61 bits per heavy atom. The first kappa shape index (κ1) is 18.0. The maximum Gasteiger partial charge on any atom is 0.310 e. The van der Waals surface area contributed by atoms with Crippen molar-refractivity contribution in [2.45, 2.75) is 52.1 Å². The monoisotopic (exact) mass is 427 g/mol. The van der Waals surface area contributed by atoms with Crippen LogP contribution in [0.4, 0.5) is 5.69 Å². The molecule has 1 N–H and O–H groups in total. The predicted octanol–water partition coefficient (Wildman–Crippen LogP) is 4.44. The third kappa shape index (κ3) is 5.34. The molecule has 0 fully saturated rings. The Hall–Kier alpha value is -1.37. The summed E-state index contributed by atoms with van der Waals surface area (Å²) in [5.41, 5.74) is 1.82.